The third kappa shape index (κ3) is 4.28. The van der Waals surface area contributed by atoms with Gasteiger partial charge in [-0.3, -0.25) is 4.79 Å². The van der Waals surface area contributed by atoms with Crippen LogP contribution in [-0.4, -0.2) is 30.8 Å². The summed E-state index contributed by atoms with van der Waals surface area (Å²) >= 11 is 1.53. The molecular weight excluding hydrogens is 360 g/mol. The van der Waals surface area contributed by atoms with Crippen LogP contribution in [0.3, 0.4) is 0 Å². The number of rotatable bonds is 6. The fraction of sp³-hybridized carbons (Fsp3) is 0.333. The van der Waals surface area contributed by atoms with Crippen molar-refractivity contribution in [2.24, 2.45) is 4.99 Å². The SMILES string of the molecule is CCOCCn1c(=NC(=O)c2cccc(OC)c2)sc2cc(C)cc(C)c21. The summed E-state index contributed by atoms with van der Waals surface area (Å²) in [4.78, 5) is 17.8. The molecule has 0 N–H and O–H groups in total. The molecule has 0 bridgehead atoms. The van der Waals surface area contributed by atoms with E-state index in [1.165, 1.54) is 22.5 Å². The van der Waals surface area contributed by atoms with Crippen molar-refractivity contribution in [3.05, 3.63) is 57.9 Å². The molecule has 27 heavy (non-hydrogen) atoms. The van der Waals surface area contributed by atoms with E-state index in [-0.39, 0.29) is 5.91 Å². The van der Waals surface area contributed by atoms with Gasteiger partial charge in [0.1, 0.15) is 5.75 Å². The normalized spacial score (nSPS) is 11.9. The summed E-state index contributed by atoms with van der Waals surface area (Å²) in [7, 11) is 1.58. The lowest BCUT2D eigenvalue weighted by molar-refractivity contribution is 0.0996. The molecule has 2 aromatic carbocycles. The molecule has 0 spiro atoms. The summed E-state index contributed by atoms with van der Waals surface area (Å²) < 4.78 is 14.0. The molecule has 3 rings (SSSR count). The Morgan fingerprint density at radius 1 is 1.22 bits per heavy atom. The molecule has 6 heteroatoms. The maximum Gasteiger partial charge on any atom is 0.279 e. The molecule has 0 fully saturated rings. The van der Waals surface area contributed by atoms with Crippen molar-refractivity contribution in [1.82, 2.24) is 4.57 Å². The highest BCUT2D eigenvalue weighted by Gasteiger charge is 2.12. The van der Waals surface area contributed by atoms with Gasteiger partial charge in [-0.1, -0.05) is 23.5 Å². The van der Waals surface area contributed by atoms with Crippen LogP contribution in [0.25, 0.3) is 10.2 Å². The van der Waals surface area contributed by atoms with Crippen molar-refractivity contribution >= 4 is 27.5 Å². The monoisotopic (exact) mass is 384 g/mol. The quantitative estimate of drug-likeness (QED) is 0.601. The molecule has 1 heterocycles. The van der Waals surface area contributed by atoms with Gasteiger partial charge in [0, 0.05) is 18.7 Å². The molecule has 0 unspecified atom stereocenters. The van der Waals surface area contributed by atoms with E-state index in [2.05, 4.69) is 35.5 Å². The second-order valence-electron chi connectivity index (χ2n) is 6.31. The van der Waals surface area contributed by atoms with E-state index in [0.717, 1.165) is 10.2 Å². The largest absolute Gasteiger partial charge is 0.497 e. The third-order valence-corrected chi connectivity index (χ3v) is 5.31. The van der Waals surface area contributed by atoms with Crippen LogP contribution < -0.4 is 9.54 Å². The van der Waals surface area contributed by atoms with Gasteiger partial charge in [-0.2, -0.15) is 4.99 Å². The standard InChI is InChI=1S/C21H24N2O3S/c1-5-26-10-9-23-19-15(3)11-14(2)12-18(19)27-21(23)22-20(24)16-7-6-8-17(13-16)25-4/h6-8,11-13H,5,9-10H2,1-4H3. The van der Waals surface area contributed by atoms with Crippen LogP contribution in [0.2, 0.25) is 0 Å². The summed E-state index contributed by atoms with van der Waals surface area (Å²) in [5, 5.41) is 0. The predicted octanol–water partition coefficient (Wildman–Crippen LogP) is 4.11. The average Bonchev–Trinajstić information content (AvgIpc) is 2.99. The first kappa shape index (κ1) is 19.3. The summed E-state index contributed by atoms with van der Waals surface area (Å²) in [5.41, 5.74) is 4.00. The van der Waals surface area contributed by atoms with E-state index in [9.17, 15) is 4.79 Å². The van der Waals surface area contributed by atoms with Crippen LogP contribution in [-0.2, 0) is 11.3 Å². The molecular formula is C21H24N2O3S. The highest BCUT2D eigenvalue weighted by Crippen LogP contribution is 2.23. The number of methoxy groups -OCH3 is 1. The summed E-state index contributed by atoms with van der Waals surface area (Å²) in [5.74, 6) is 0.364. The number of carbonyl (C=O) groups excluding carboxylic acids is 1. The van der Waals surface area contributed by atoms with Gasteiger partial charge in [0.15, 0.2) is 4.80 Å². The van der Waals surface area contributed by atoms with Crippen LogP contribution in [0.4, 0.5) is 0 Å². The molecule has 0 saturated heterocycles. The number of nitrogens with zero attached hydrogens (tertiary/aromatic N) is 2. The maximum absolute atomic E-state index is 12.7. The fourth-order valence-corrected chi connectivity index (χ4v) is 4.32. The molecule has 5 nitrogen and oxygen atoms in total. The minimum absolute atomic E-state index is 0.278. The summed E-state index contributed by atoms with van der Waals surface area (Å²) in [6.45, 7) is 8.04. The minimum Gasteiger partial charge on any atom is -0.497 e. The zero-order chi connectivity index (χ0) is 19.4. The molecule has 0 aliphatic rings. The number of ether oxygens (including phenoxy) is 2. The molecule has 0 aliphatic carbocycles. The number of amides is 1. The highest BCUT2D eigenvalue weighted by molar-refractivity contribution is 7.16. The summed E-state index contributed by atoms with van der Waals surface area (Å²) in [6.07, 6.45) is 0. The minimum atomic E-state index is -0.278. The highest BCUT2D eigenvalue weighted by atomic mass is 32.1. The smallest absolute Gasteiger partial charge is 0.279 e. The predicted molar refractivity (Wildman–Crippen MR) is 109 cm³/mol. The lowest BCUT2D eigenvalue weighted by Gasteiger charge is -2.08. The Labute approximate surface area is 162 Å². The molecule has 0 saturated carbocycles. The molecule has 0 atom stereocenters. The number of hydrogen-bond acceptors (Lipinski definition) is 4. The zero-order valence-corrected chi connectivity index (χ0v) is 16.9. The second kappa shape index (κ2) is 8.50. The summed E-state index contributed by atoms with van der Waals surface area (Å²) in [6, 6.07) is 11.4. The van der Waals surface area contributed by atoms with Gasteiger partial charge < -0.3 is 14.0 Å². The molecule has 3 aromatic rings. The van der Waals surface area contributed by atoms with Gasteiger partial charge in [-0.25, -0.2) is 0 Å². The fourth-order valence-electron chi connectivity index (χ4n) is 3.09. The van der Waals surface area contributed by atoms with E-state index in [1.54, 1.807) is 25.3 Å². The van der Waals surface area contributed by atoms with Crippen LogP contribution in [0.1, 0.15) is 28.4 Å². The first-order valence-electron chi connectivity index (χ1n) is 8.95. The van der Waals surface area contributed by atoms with Crippen molar-refractivity contribution in [1.29, 1.82) is 0 Å². The van der Waals surface area contributed by atoms with Crippen molar-refractivity contribution in [2.75, 3.05) is 20.3 Å². The molecule has 0 radical (unpaired) electrons. The van der Waals surface area contributed by atoms with E-state index < -0.39 is 0 Å². The Bertz CT molecular complexity index is 1030. The molecule has 0 aliphatic heterocycles. The van der Waals surface area contributed by atoms with Crippen LogP contribution in [0.5, 0.6) is 5.75 Å². The first-order valence-corrected chi connectivity index (χ1v) is 9.76. The Morgan fingerprint density at radius 3 is 2.78 bits per heavy atom. The Hall–Kier alpha value is -2.44. The van der Waals surface area contributed by atoms with Gasteiger partial charge in [-0.05, 0) is 56.2 Å². The third-order valence-electron chi connectivity index (χ3n) is 4.29. The van der Waals surface area contributed by atoms with Gasteiger partial charge in [0.05, 0.1) is 23.9 Å². The van der Waals surface area contributed by atoms with Gasteiger partial charge in [0.25, 0.3) is 5.91 Å². The van der Waals surface area contributed by atoms with Crippen molar-refractivity contribution < 1.29 is 14.3 Å². The first-order chi connectivity index (χ1) is 13.0. The number of carbonyl (C=O) groups is 1. The Kier molecular flexibility index (Phi) is 6.08. The number of aromatic nitrogens is 1. The lowest BCUT2D eigenvalue weighted by atomic mass is 10.1. The van der Waals surface area contributed by atoms with Crippen molar-refractivity contribution in [2.45, 2.75) is 27.3 Å². The van der Waals surface area contributed by atoms with Gasteiger partial charge >= 0.3 is 0 Å². The molecule has 142 valence electrons. The topological polar surface area (TPSA) is 52.8 Å². The number of thiazole rings is 1. The Morgan fingerprint density at radius 2 is 2.04 bits per heavy atom. The zero-order valence-electron chi connectivity index (χ0n) is 16.1. The molecule has 1 aromatic heterocycles. The maximum atomic E-state index is 12.7. The second-order valence-corrected chi connectivity index (χ2v) is 7.32. The molecule has 1 amide bonds. The van der Waals surface area contributed by atoms with Crippen molar-refractivity contribution in [3.8, 4) is 5.75 Å². The van der Waals surface area contributed by atoms with Crippen LogP contribution in [0.15, 0.2) is 41.4 Å². The van der Waals surface area contributed by atoms with E-state index >= 15 is 0 Å². The van der Waals surface area contributed by atoms with E-state index in [1.807, 2.05) is 13.0 Å². The van der Waals surface area contributed by atoms with Gasteiger partial charge in [0.2, 0.25) is 0 Å². The van der Waals surface area contributed by atoms with Gasteiger partial charge in [-0.15, -0.1) is 0 Å². The van der Waals surface area contributed by atoms with Crippen molar-refractivity contribution in [3.63, 3.8) is 0 Å². The van der Waals surface area contributed by atoms with Crippen LogP contribution in [0, 0.1) is 13.8 Å². The number of fused-ring (bicyclic) bond motifs is 1. The van der Waals surface area contributed by atoms with Crippen LogP contribution >= 0.6 is 11.3 Å². The number of benzene rings is 2. The average molecular weight is 385 g/mol. The number of aryl methyl sites for hydroxylation is 2. The van der Waals surface area contributed by atoms with E-state index in [4.69, 9.17) is 9.47 Å². The Balaban J connectivity index is 2.10. The lowest BCUT2D eigenvalue weighted by Crippen LogP contribution is -2.20. The number of hydrogen-bond donors (Lipinski definition) is 0. The van der Waals surface area contributed by atoms with E-state index in [0.29, 0.717) is 35.9 Å².